The molecule has 6 nitrogen and oxygen atoms in total. The van der Waals surface area contributed by atoms with E-state index in [-0.39, 0.29) is 5.57 Å². The minimum Gasteiger partial charge on any atom is -0.453 e. The van der Waals surface area contributed by atoms with Gasteiger partial charge >= 0.3 is 5.97 Å². The summed E-state index contributed by atoms with van der Waals surface area (Å²) in [6.07, 6.45) is -2.39. The minimum atomic E-state index is -0.734. The summed E-state index contributed by atoms with van der Waals surface area (Å²) < 4.78 is 28.1. The highest BCUT2D eigenvalue weighted by molar-refractivity contribution is 5.90. The van der Waals surface area contributed by atoms with Gasteiger partial charge in [-0.1, -0.05) is 6.58 Å². The summed E-state index contributed by atoms with van der Waals surface area (Å²) in [6.45, 7) is 9.63. The Labute approximate surface area is 111 Å². The van der Waals surface area contributed by atoms with Crippen LogP contribution in [-0.2, 0) is 28.5 Å². The van der Waals surface area contributed by atoms with E-state index in [0.29, 0.717) is 6.61 Å². The Balaban J connectivity index is 1.84. The molecule has 3 fully saturated rings. The predicted octanol–water partition coefficient (Wildman–Crippen LogP) is 0.749. The van der Waals surface area contributed by atoms with Crippen molar-refractivity contribution in [3.63, 3.8) is 0 Å². The van der Waals surface area contributed by atoms with Crippen LogP contribution >= 0.6 is 0 Å². The molecule has 3 rings (SSSR count). The third-order valence-electron chi connectivity index (χ3n) is 3.52. The van der Waals surface area contributed by atoms with Gasteiger partial charge in [-0.25, -0.2) is 4.79 Å². The fourth-order valence-corrected chi connectivity index (χ4v) is 2.77. The summed E-state index contributed by atoms with van der Waals surface area (Å²) >= 11 is 0. The Bertz CT molecular complexity index is 417. The van der Waals surface area contributed by atoms with E-state index in [4.69, 9.17) is 23.7 Å². The van der Waals surface area contributed by atoms with Crippen molar-refractivity contribution in [1.29, 1.82) is 0 Å². The number of rotatable bonds is 2. The Morgan fingerprint density at radius 2 is 2.00 bits per heavy atom. The third kappa shape index (κ3) is 1.99. The molecule has 3 saturated heterocycles. The predicted molar refractivity (Wildman–Crippen MR) is 63.1 cm³/mol. The van der Waals surface area contributed by atoms with Crippen molar-refractivity contribution in [3.8, 4) is 0 Å². The number of hydrogen-bond donors (Lipinski definition) is 0. The molecule has 0 amide bonds. The van der Waals surface area contributed by atoms with Gasteiger partial charge < -0.3 is 23.7 Å². The van der Waals surface area contributed by atoms with E-state index in [9.17, 15) is 4.79 Å². The van der Waals surface area contributed by atoms with E-state index < -0.39 is 42.5 Å². The fourth-order valence-electron chi connectivity index (χ4n) is 2.77. The molecule has 0 aromatic carbocycles. The Morgan fingerprint density at radius 1 is 1.26 bits per heavy atom. The molecule has 0 aliphatic carbocycles. The molecule has 5 atom stereocenters. The summed E-state index contributed by atoms with van der Waals surface area (Å²) in [5.74, 6) is -1.19. The lowest BCUT2D eigenvalue weighted by atomic mass is 9.96. The van der Waals surface area contributed by atoms with Crippen molar-refractivity contribution in [2.24, 2.45) is 0 Å². The molecule has 19 heavy (non-hydrogen) atoms. The molecule has 6 heteroatoms. The van der Waals surface area contributed by atoms with Crippen LogP contribution in [0.15, 0.2) is 12.2 Å². The monoisotopic (exact) mass is 270 g/mol. The van der Waals surface area contributed by atoms with Gasteiger partial charge in [0, 0.05) is 6.61 Å². The van der Waals surface area contributed by atoms with Gasteiger partial charge in [0.1, 0.15) is 12.2 Å². The van der Waals surface area contributed by atoms with Gasteiger partial charge in [-0.15, -0.1) is 0 Å². The zero-order valence-electron chi connectivity index (χ0n) is 11.3. The maximum Gasteiger partial charge on any atom is 0.336 e. The molecule has 0 N–H and O–H groups in total. The molecule has 0 unspecified atom stereocenters. The average Bonchev–Trinajstić information content (AvgIpc) is 2.78. The first-order chi connectivity index (χ1) is 8.93. The van der Waals surface area contributed by atoms with Crippen LogP contribution in [0.3, 0.4) is 0 Å². The van der Waals surface area contributed by atoms with E-state index in [0.717, 1.165) is 0 Å². The van der Waals surface area contributed by atoms with Crippen molar-refractivity contribution in [2.45, 2.75) is 57.3 Å². The molecule has 0 saturated carbocycles. The largest absolute Gasteiger partial charge is 0.453 e. The lowest BCUT2D eigenvalue weighted by Gasteiger charge is -2.35. The number of carbonyl (C=O) groups is 1. The molecule has 3 aliphatic heterocycles. The van der Waals surface area contributed by atoms with Gasteiger partial charge in [0.15, 0.2) is 24.3 Å². The zero-order chi connectivity index (χ0) is 13.8. The third-order valence-corrected chi connectivity index (χ3v) is 3.52. The number of ether oxygens (including phenoxy) is 5. The van der Waals surface area contributed by atoms with E-state index in [1.54, 1.807) is 13.8 Å². The summed E-state index contributed by atoms with van der Waals surface area (Å²) in [4.78, 5) is 11.8. The van der Waals surface area contributed by atoms with Crippen LogP contribution in [0, 0.1) is 0 Å². The number of hydrogen-bond acceptors (Lipinski definition) is 6. The molecular weight excluding hydrogens is 252 g/mol. The maximum absolute atomic E-state index is 11.8. The van der Waals surface area contributed by atoms with Crippen LogP contribution in [0.4, 0.5) is 0 Å². The average molecular weight is 270 g/mol. The smallest absolute Gasteiger partial charge is 0.336 e. The fraction of sp³-hybridized carbons (Fsp3) is 0.769. The van der Waals surface area contributed by atoms with E-state index in [1.165, 1.54) is 0 Å². The van der Waals surface area contributed by atoms with Crippen molar-refractivity contribution < 1.29 is 28.5 Å². The highest BCUT2D eigenvalue weighted by Gasteiger charge is 2.61. The number of esters is 1. The topological polar surface area (TPSA) is 63.2 Å². The highest BCUT2D eigenvalue weighted by atomic mass is 16.8. The van der Waals surface area contributed by atoms with E-state index in [1.807, 2.05) is 6.92 Å². The van der Waals surface area contributed by atoms with Crippen LogP contribution < -0.4 is 0 Å². The number of fused-ring (bicyclic) bond motifs is 3. The van der Waals surface area contributed by atoms with Crippen molar-refractivity contribution in [2.75, 3.05) is 6.61 Å². The zero-order valence-corrected chi connectivity index (χ0v) is 11.3. The number of carbonyl (C=O) groups excluding carboxylic acids is 1. The van der Waals surface area contributed by atoms with Crippen LogP contribution in [0.25, 0.3) is 0 Å². The Kier molecular flexibility index (Phi) is 2.94. The first-order valence-corrected chi connectivity index (χ1v) is 6.45. The van der Waals surface area contributed by atoms with Gasteiger partial charge in [-0.3, -0.25) is 0 Å². The maximum atomic E-state index is 11.8. The lowest BCUT2D eigenvalue weighted by molar-refractivity contribution is -0.234. The van der Waals surface area contributed by atoms with Gasteiger partial charge in [0.05, 0.1) is 5.57 Å². The summed E-state index contributed by atoms with van der Waals surface area (Å²) in [5, 5.41) is 0. The molecular formula is C13H18O6. The molecule has 3 heterocycles. The first kappa shape index (κ1) is 13.1. The van der Waals surface area contributed by atoms with Crippen molar-refractivity contribution in [1.82, 2.24) is 0 Å². The first-order valence-electron chi connectivity index (χ1n) is 6.45. The standard InChI is InChI=1S/C13H18O6/c1-5-15-7-6(2)11(14)16-9-8(7)17-12-10(9)18-13(3,4)19-12/h7-10,12H,2,5H2,1,3-4H3/t7-,8-,9+,10-,12-/m1/s1. The Morgan fingerprint density at radius 3 is 2.68 bits per heavy atom. The van der Waals surface area contributed by atoms with Gasteiger partial charge in [-0.05, 0) is 20.8 Å². The van der Waals surface area contributed by atoms with Crippen molar-refractivity contribution >= 4 is 5.97 Å². The van der Waals surface area contributed by atoms with E-state index >= 15 is 0 Å². The Hall–Kier alpha value is -0.950. The highest BCUT2D eigenvalue weighted by Crippen LogP contribution is 2.43. The summed E-state index contributed by atoms with van der Waals surface area (Å²) in [6, 6.07) is 0. The van der Waals surface area contributed by atoms with Crippen molar-refractivity contribution in [3.05, 3.63) is 12.2 Å². The molecule has 0 aromatic rings. The molecule has 0 aromatic heterocycles. The SMILES string of the molecule is C=C1C(=O)O[C@@H]2[C@H]3OC(C)(C)O[C@H]3O[C@@H]2[C@@H]1OCC. The molecule has 106 valence electrons. The molecule has 0 radical (unpaired) electrons. The molecule has 0 spiro atoms. The van der Waals surface area contributed by atoms with E-state index in [2.05, 4.69) is 6.58 Å². The molecule has 3 aliphatic rings. The quantitative estimate of drug-likeness (QED) is 0.545. The van der Waals surface area contributed by atoms with Crippen LogP contribution in [0.2, 0.25) is 0 Å². The van der Waals surface area contributed by atoms with Gasteiger partial charge in [0.25, 0.3) is 0 Å². The normalized spacial score (nSPS) is 43.8. The second-order valence-corrected chi connectivity index (χ2v) is 5.34. The second-order valence-electron chi connectivity index (χ2n) is 5.34. The van der Waals surface area contributed by atoms with Crippen LogP contribution in [-0.4, -0.2) is 49.1 Å². The van der Waals surface area contributed by atoms with Crippen LogP contribution in [0.5, 0.6) is 0 Å². The summed E-state index contributed by atoms with van der Waals surface area (Å²) in [5.41, 5.74) is 0.280. The van der Waals surface area contributed by atoms with Gasteiger partial charge in [-0.2, -0.15) is 0 Å². The summed E-state index contributed by atoms with van der Waals surface area (Å²) in [7, 11) is 0. The van der Waals surface area contributed by atoms with Crippen LogP contribution in [0.1, 0.15) is 20.8 Å². The second kappa shape index (κ2) is 4.28. The minimum absolute atomic E-state index is 0.280. The molecule has 0 bridgehead atoms. The van der Waals surface area contributed by atoms with Gasteiger partial charge in [0.2, 0.25) is 0 Å². The lowest BCUT2D eigenvalue weighted by Crippen LogP contribution is -2.51.